The zero-order valence-corrected chi connectivity index (χ0v) is 15.8. The lowest BCUT2D eigenvalue weighted by atomic mass is 9.79. The molecular formula is C20H30F2O5. The first kappa shape index (κ1) is 21.9. The monoisotopic (exact) mass is 388 g/mol. The molecule has 0 bridgehead atoms. The van der Waals surface area contributed by atoms with E-state index in [0.29, 0.717) is 19.3 Å². The first-order valence-electron chi connectivity index (χ1n) is 10.0. The highest BCUT2D eigenvalue weighted by atomic mass is 19.3. The summed E-state index contributed by atoms with van der Waals surface area (Å²) in [7, 11) is 0. The number of hydrogen-bond donors (Lipinski definition) is 2. The quantitative estimate of drug-likeness (QED) is 0.754. The van der Waals surface area contributed by atoms with Gasteiger partial charge in [-0.15, -0.1) is 0 Å². The van der Waals surface area contributed by atoms with Crippen LogP contribution in [0, 0.1) is 23.7 Å². The van der Waals surface area contributed by atoms with Crippen molar-refractivity contribution in [2.45, 2.75) is 83.2 Å². The number of ketones is 2. The van der Waals surface area contributed by atoms with Gasteiger partial charge in [-0.3, -0.25) is 14.4 Å². The molecule has 0 amide bonds. The zero-order valence-electron chi connectivity index (χ0n) is 15.8. The highest BCUT2D eigenvalue weighted by Gasteiger charge is 2.45. The van der Waals surface area contributed by atoms with E-state index in [2.05, 4.69) is 0 Å². The van der Waals surface area contributed by atoms with Crippen molar-refractivity contribution < 1.29 is 33.4 Å². The smallest absolute Gasteiger partial charge is 0.306 e. The second-order valence-electron chi connectivity index (χ2n) is 8.13. The topological polar surface area (TPSA) is 91.7 Å². The number of hydrogen-bond acceptors (Lipinski definition) is 4. The van der Waals surface area contributed by atoms with Gasteiger partial charge in [0.1, 0.15) is 5.78 Å². The molecule has 0 aromatic rings. The Morgan fingerprint density at radius 2 is 1.81 bits per heavy atom. The minimum atomic E-state index is -3.58. The fourth-order valence-corrected chi connectivity index (χ4v) is 4.75. The van der Waals surface area contributed by atoms with Crippen molar-refractivity contribution in [3.8, 4) is 0 Å². The number of aliphatic carboxylic acids is 1. The van der Waals surface area contributed by atoms with Crippen molar-refractivity contribution in [2.75, 3.05) is 0 Å². The van der Waals surface area contributed by atoms with E-state index in [1.165, 1.54) is 0 Å². The summed E-state index contributed by atoms with van der Waals surface area (Å²) in [6, 6.07) is 0. The van der Waals surface area contributed by atoms with E-state index in [-0.39, 0.29) is 31.0 Å². The van der Waals surface area contributed by atoms with E-state index in [9.17, 15) is 33.4 Å². The van der Waals surface area contributed by atoms with Gasteiger partial charge in [0.2, 0.25) is 5.78 Å². The number of halogens is 2. The molecule has 5 atom stereocenters. The van der Waals surface area contributed by atoms with E-state index < -0.39 is 54.4 Å². The lowest BCUT2D eigenvalue weighted by Gasteiger charge is -2.28. The predicted molar refractivity (Wildman–Crippen MR) is 94.4 cm³/mol. The number of fused-ring (bicyclic) bond motifs is 1. The Morgan fingerprint density at radius 1 is 1.15 bits per heavy atom. The van der Waals surface area contributed by atoms with Crippen molar-refractivity contribution in [2.24, 2.45) is 23.7 Å². The molecule has 2 aliphatic rings. The summed E-state index contributed by atoms with van der Waals surface area (Å²) in [5.74, 6) is -8.42. The Kier molecular flexibility index (Phi) is 7.48. The van der Waals surface area contributed by atoms with Crippen LogP contribution in [0.4, 0.5) is 8.78 Å². The number of aliphatic hydroxyl groups is 1. The van der Waals surface area contributed by atoms with E-state index in [4.69, 9.17) is 0 Å². The van der Waals surface area contributed by atoms with Gasteiger partial charge in [0, 0.05) is 25.2 Å². The van der Waals surface area contributed by atoms with Gasteiger partial charge in [-0.1, -0.05) is 32.6 Å². The first-order valence-corrected chi connectivity index (χ1v) is 10.0. The average molecular weight is 388 g/mol. The van der Waals surface area contributed by atoms with Crippen molar-refractivity contribution in [3.05, 3.63) is 0 Å². The maximum Gasteiger partial charge on any atom is 0.306 e. The number of carboxylic acids is 1. The van der Waals surface area contributed by atoms with Crippen molar-refractivity contribution in [1.29, 1.82) is 0 Å². The Morgan fingerprint density at radius 3 is 2.44 bits per heavy atom. The van der Waals surface area contributed by atoms with E-state index in [1.54, 1.807) is 6.92 Å². The van der Waals surface area contributed by atoms with Crippen LogP contribution in [0.2, 0.25) is 0 Å². The highest BCUT2D eigenvalue weighted by Crippen LogP contribution is 2.39. The Labute approximate surface area is 158 Å². The summed E-state index contributed by atoms with van der Waals surface area (Å²) in [5, 5.41) is 19.6. The molecule has 154 valence electrons. The molecule has 5 nitrogen and oxygen atoms in total. The molecule has 2 rings (SSSR count). The van der Waals surface area contributed by atoms with Crippen LogP contribution in [0.5, 0.6) is 0 Å². The average Bonchev–Trinajstić information content (AvgIpc) is 2.86. The summed E-state index contributed by atoms with van der Waals surface area (Å²) in [4.78, 5) is 35.9. The third-order valence-electron chi connectivity index (χ3n) is 6.41. The molecule has 0 saturated heterocycles. The molecule has 2 aliphatic carbocycles. The van der Waals surface area contributed by atoms with Crippen LogP contribution >= 0.6 is 0 Å². The van der Waals surface area contributed by atoms with Gasteiger partial charge < -0.3 is 10.2 Å². The molecule has 2 unspecified atom stereocenters. The second kappa shape index (κ2) is 9.22. The summed E-state index contributed by atoms with van der Waals surface area (Å²) in [6.07, 6.45) is 1.25. The predicted octanol–water partition coefficient (Wildman–Crippen LogP) is 3.62. The molecule has 0 heterocycles. The molecule has 0 radical (unpaired) electrons. The lowest BCUT2D eigenvalue weighted by Crippen LogP contribution is -2.36. The molecular weight excluding hydrogens is 358 g/mol. The summed E-state index contributed by atoms with van der Waals surface area (Å²) < 4.78 is 29.0. The molecule has 2 fully saturated rings. The normalized spacial score (nSPS) is 36.1. The van der Waals surface area contributed by atoms with Gasteiger partial charge in [0.05, 0.1) is 12.0 Å². The maximum absolute atomic E-state index is 14.5. The minimum absolute atomic E-state index is 0.0267. The lowest BCUT2D eigenvalue weighted by molar-refractivity contribution is -0.152. The van der Waals surface area contributed by atoms with Crippen LogP contribution in [0.1, 0.15) is 71.1 Å². The zero-order chi connectivity index (χ0) is 20.2. The second-order valence-corrected chi connectivity index (χ2v) is 8.13. The first-order chi connectivity index (χ1) is 12.7. The van der Waals surface area contributed by atoms with Gasteiger partial charge in [0.15, 0.2) is 0 Å². The molecule has 0 aliphatic heterocycles. The van der Waals surface area contributed by atoms with Gasteiger partial charge >= 0.3 is 11.9 Å². The number of carbonyl (C=O) groups excluding carboxylic acids is 2. The SMILES string of the molecule is CC[C@@H]1CC(F)(F)C(=O)CC[C@@H]2C(CCCCCC1C(=O)O)C(=O)C[C@H]2O. The van der Waals surface area contributed by atoms with Crippen LogP contribution in [0.15, 0.2) is 0 Å². The summed E-state index contributed by atoms with van der Waals surface area (Å²) in [6.45, 7) is 1.68. The summed E-state index contributed by atoms with van der Waals surface area (Å²) >= 11 is 0. The van der Waals surface area contributed by atoms with Gasteiger partial charge in [0.25, 0.3) is 0 Å². The minimum Gasteiger partial charge on any atom is -0.481 e. The van der Waals surface area contributed by atoms with E-state index in [0.717, 1.165) is 12.8 Å². The molecule has 27 heavy (non-hydrogen) atoms. The molecule has 0 aromatic carbocycles. The number of aliphatic hydroxyl groups excluding tert-OH is 1. The molecule has 0 spiro atoms. The molecule has 2 N–H and O–H groups in total. The number of rotatable bonds is 2. The largest absolute Gasteiger partial charge is 0.481 e. The Hall–Kier alpha value is -1.37. The van der Waals surface area contributed by atoms with Crippen molar-refractivity contribution in [3.63, 3.8) is 0 Å². The third kappa shape index (κ3) is 5.33. The van der Waals surface area contributed by atoms with E-state index in [1.807, 2.05) is 0 Å². The van der Waals surface area contributed by atoms with Gasteiger partial charge in [-0.05, 0) is 31.1 Å². The molecule has 7 heteroatoms. The number of carboxylic acid groups (broad SMARTS) is 1. The summed E-state index contributed by atoms with van der Waals surface area (Å²) in [5.41, 5.74) is 0. The van der Waals surface area contributed by atoms with Crippen LogP contribution in [-0.4, -0.2) is 39.8 Å². The fourth-order valence-electron chi connectivity index (χ4n) is 4.75. The highest BCUT2D eigenvalue weighted by molar-refractivity contribution is 5.86. The van der Waals surface area contributed by atoms with E-state index >= 15 is 0 Å². The van der Waals surface area contributed by atoms with Crippen LogP contribution in [0.3, 0.4) is 0 Å². The number of alkyl halides is 2. The fraction of sp³-hybridized carbons (Fsp3) is 0.850. The van der Waals surface area contributed by atoms with Crippen LogP contribution in [-0.2, 0) is 14.4 Å². The standard InChI is InChI=1S/C20H30F2O5/c1-2-12-11-20(21,22)18(25)9-8-15-14(16(23)10-17(15)24)7-5-3-4-6-13(12)19(26)27/h12-15,17,24H,2-11H2,1H3,(H,26,27)/t12-,13?,14?,15-,17-/m1/s1. The van der Waals surface area contributed by atoms with Crippen molar-refractivity contribution >= 4 is 17.5 Å². The number of carbonyl (C=O) groups is 3. The Balaban J connectivity index is 2.20. The molecule has 2 saturated carbocycles. The number of Topliss-reactive ketones (excluding diaryl/α,β-unsaturated/α-hetero) is 2. The maximum atomic E-state index is 14.5. The Bertz CT molecular complexity index is 563. The van der Waals surface area contributed by atoms with Crippen LogP contribution in [0.25, 0.3) is 0 Å². The molecule has 0 aromatic heterocycles. The van der Waals surface area contributed by atoms with Gasteiger partial charge in [-0.2, -0.15) is 8.78 Å². The van der Waals surface area contributed by atoms with Crippen LogP contribution < -0.4 is 0 Å². The van der Waals surface area contributed by atoms with Gasteiger partial charge in [-0.25, -0.2) is 0 Å². The third-order valence-corrected chi connectivity index (χ3v) is 6.41. The van der Waals surface area contributed by atoms with Crippen molar-refractivity contribution in [1.82, 2.24) is 0 Å².